The van der Waals surface area contributed by atoms with Gasteiger partial charge in [0.1, 0.15) is 0 Å². The quantitative estimate of drug-likeness (QED) is 0.902. The Balaban J connectivity index is 2.24. The fourth-order valence-electron chi connectivity index (χ4n) is 2.05. The van der Waals surface area contributed by atoms with Crippen molar-refractivity contribution in [3.05, 3.63) is 28.7 Å². The van der Waals surface area contributed by atoms with Crippen LogP contribution in [-0.4, -0.2) is 25.7 Å². The van der Waals surface area contributed by atoms with E-state index in [4.69, 9.17) is 5.26 Å². The van der Waals surface area contributed by atoms with Gasteiger partial charge in [0, 0.05) is 24.1 Å². The second kappa shape index (κ2) is 5.33. The van der Waals surface area contributed by atoms with Crippen molar-refractivity contribution in [3.8, 4) is 6.07 Å². The Morgan fingerprint density at radius 2 is 2.31 bits per heavy atom. The number of anilines is 1. The first-order valence-electron chi connectivity index (χ1n) is 5.42. The van der Waals surface area contributed by atoms with E-state index in [1.807, 2.05) is 18.2 Å². The molecule has 1 fully saturated rings. The summed E-state index contributed by atoms with van der Waals surface area (Å²) < 4.78 is 1.10. The van der Waals surface area contributed by atoms with Gasteiger partial charge in [0.2, 0.25) is 0 Å². The lowest BCUT2D eigenvalue weighted by Gasteiger charge is -2.37. The molecule has 1 N–H and O–H groups in total. The monoisotopic (exact) mass is 279 g/mol. The number of rotatable bonds is 2. The van der Waals surface area contributed by atoms with Crippen molar-refractivity contribution in [2.24, 2.45) is 0 Å². The average molecular weight is 280 g/mol. The fourth-order valence-corrected chi connectivity index (χ4v) is 2.56. The molecule has 1 aliphatic heterocycles. The lowest BCUT2D eigenvalue weighted by atomic mass is 10.1. The molecule has 1 aromatic rings. The summed E-state index contributed by atoms with van der Waals surface area (Å²) in [6.07, 6.45) is 0.564. The van der Waals surface area contributed by atoms with E-state index in [0.29, 0.717) is 6.42 Å². The van der Waals surface area contributed by atoms with Crippen molar-refractivity contribution < 1.29 is 0 Å². The van der Waals surface area contributed by atoms with Gasteiger partial charge in [-0.25, -0.2) is 0 Å². The van der Waals surface area contributed by atoms with Gasteiger partial charge in [0.25, 0.3) is 0 Å². The number of benzene rings is 1. The Bertz CT molecular complexity index is 399. The summed E-state index contributed by atoms with van der Waals surface area (Å²) in [7, 11) is 0. The first-order valence-corrected chi connectivity index (χ1v) is 6.21. The number of halogens is 1. The molecule has 0 saturated carbocycles. The smallest absolute Gasteiger partial charge is 0.0643 e. The van der Waals surface area contributed by atoms with E-state index in [1.165, 1.54) is 5.69 Å². The van der Waals surface area contributed by atoms with Crippen LogP contribution in [-0.2, 0) is 0 Å². The Morgan fingerprint density at radius 3 is 3.06 bits per heavy atom. The molecular weight excluding hydrogens is 266 g/mol. The minimum absolute atomic E-state index is 0.275. The second-order valence-electron chi connectivity index (χ2n) is 3.86. The van der Waals surface area contributed by atoms with Crippen LogP contribution in [0.1, 0.15) is 6.42 Å². The first-order chi connectivity index (χ1) is 7.83. The molecule has 0 amide bonds. The van der Waals surface area contributed by atoms with Gasteiger partial charge < -0.3 is 10.2 Å². The van der Waals surface area contributed by atoms with E-state index in [2.05, 4.69) is 38.3 Å². The second-order valence-corrected chi connectivity index (χ2v) is 4.72. The van der Waals surface area contributed by atoms with Crippen LogP contribution in [0.25, 0.3) is 0 Å². The summed E-state index contributed by atoms with van der Waals surface area (Å²) >= 11 is 3.57. The Labute approximate surface area is 104 Å². The van der Waals surface area contributed by atoms with E-state index in [-0.39, 0.29) is 6.04 Å². The van der Waals surface area contributed by atoms with E-state index >= 15 is 0 Å². The number of nitrogens with zero attached hydrogens (tertiary/aromatic N) is 2. The highest BCUT2D eigenvalue weighted by atomic mass is 79.9. The van der Waals surface area contributed by atoms with Crippen molar-refractivity contribution >= 4 is 21.6 Å². The summed E-state index contributed by atoms with van der Waals surface area (Å²) in [6.45, 7) is 2.81. The summed E-state index contributed by atoms with van der Waals surface area (Å²) in [6, 6.07) is 10.7. The van der Waals surface area contributed by atoms with Gasteiger partial charge in [0.05, 0.1) is 24.2 Å². The molecule has 1 aromatic carbocycles. The molecule has 1 saturated heterocycles. The topological polar surface area (TPSA) is 39.1 Å². The molecule has 3 nitrogen and oxygen atoms in total. The van der Waals surface area contributed by atoms with Gasteiger partial charge in [-0.2, -0.15) is 5.26 Å². The molecule has 4 heteroatoms. The highest BCUT2D eigenvalue weighted by Crippen LogP contribution is 2.28. The zero-order valence-corrected chi connectivity index (χ0v) is 10.6. The number of hydrogen-bond donors (Lipinski definition) is 1. The molecule has 2 rings (SSSR count). The van der Waals surface area contributed by atoms with Crippen LogP contribution in [0.3, 0.4) is 0 Å². The summed E-state index contributed by atoms with van der Waals surface area (Å²) in [5.41, 5.74) is 1.18. The van der Waals surface area contributed by atoms with Crippen molar-refractivity contribution in [3.63, 3.8) is 0 Å². The molecular formula is C12H14BrN3. The zero-order chi connectivity index (χ0) is 11.4. The van der Waals surface area contributed by atoms with Gasteiger partial charge in [-0.05, 0) is 28.1 Å². The molecule has 0 spiro atoms. The number of nitriles is 1. The Morgan fingerprint density at radius 1 is 1.50 bits per heavy atom. The standard InChI is InChI=1S/C12H14BrN3/c13-11-3-1-2-4-12(11)16-8-7-15-9-10(16)5-6-14/h1-4,10,15H,5,7-9H2. The molecule has 1 atom stereocenters. The lowest BCUT2D eigenvalue weighted by Crippen LogP contribution is -2.51. The van der Waals surface area contributed by atoms with Crippen LogP contribution in [0.2, 0.25) is 0 Å². The van der Waals surface area contributed by atoms with Gasteiger partial charge in [0.15, 0.2) is 0 Å². The van der Waals surface area contributed by atoms with Crippen molar-refractivity contribution in [1.29, 1.82) is 5.26 Å². The molecule has 0 bridgehead atoms. The van der Waals surface area contributed by atoms with E-state index in [9.17, 15) is 0 Å². The molecule has 84 valence electrons. The third-order valence-electron chi connectivity index (χ3n) is 2.84. The number of para-hydroxylation sites is 1. The van der Waals surface area contributed by atoms with Gasteiger partial charge in [-0.15, -0.1) is 0 Å². The third-order valence-corrected chi connectivity index (χ3v) is 3.51. The largest absolute Gasteiger partial charge is 0.364 e. The van der Waals surface area contributed by atoms with Gasteiger partial charge in [-0.1, -0.05) is 12.1 Å². The molecule has 1 heterocycles. The van der Waals surface area contributed by atoms with Crippen LogP contribution in [0.15, 0.2) is 28.7 Å². The predicted octanol–water partition coefficient (Wildman–Crippen LogP) is 2.14. The predicted molar refractivity (Wildman–Crippen MR) is 68.4 cm³/mol. The highest BCUT2D eigenvalue weighted by molar-refractivity contribution is 9.10. The Kier molecular flexibility index (Phi) is 3.81. The van der Waals surface area contributed by atoms with Crippen LogP contribution >= 0.6 is 15.9 Å². The third kappa shape index (κ3) is 2.37. The number of piperazine rings is 1. The Hall–Kier alpha value is -1.05. The minimum Gasteiger partial charge on any atom is -0.364 e. The normalized spacial score (nSPS) is 20.5. The van der Waals surface area contributed by atoms with Crippen LogP contribution in [0, 0.1) is 11.3 Å². The SMILES string of the molecule is N#CCC1CNCCN1c1ccccc1Br. The molecule has 0 radical (unpaired) electrons. The maximum Gasteiger partial charge on any atom is 0.0643 e. The summed E-state index contributed by atoms with van der Waals surface area (Å²) in [5.74, 6) is 0. The number of hydrogen-bond acceptors (Lipinski definition) is 3. The summed E-state index contributed by atoms with van der Waals surface area (Å²) in [4.78, 5) is 2.31. The van der Waals surface area contributed by atoms with E-state index < -0.39 is 0 Å². The molecule has 16 heavy (non-hydrogen) atoms. The zero-order valence-electron chi connectivity index (χ0n) is 8.99. The van der Waals surface area contributed by atoms with Crippen LogP contribution in [0.4, 0.5) is 5.69 Å². The molecule has 0 aromatic heterocycles. The lowest BCUT2D eigenvalue weighted by molar-refractivity contribution is 0.480. The average Bonchev–Trinajstić information content (AvgIpc) is 2.31. The fraction of sp³-hybridized carbons (Fsp3) is 0.417. The van der Waals surface area contributed by atoms with Gasteiger partial charge in [-0.3, -0.25) is 0 Å². The molecule has 0 aliphatic carbocycles. The first kappa shape index (κ1) is 11.4. The molecule has 1 unspecified atom stereocenters. The van der Waals surface area contributed by atoms with Crippen molar-refractivity contribution in [2.45, 2.75) is 12.5 Å². The van der Waals surface area contributed by atoms with Crippen molar-refractivity contribution in [1.82, 2.24) is 5.32 Å². The van der Waals surface area contributed by atoms with Crippen LogP contribution < -0.4 is 10.2 Å². The van der Waals surface area contributed by atoms with E-state index in [0.717, 1.165) is 24.1 Å². The maximum atomic E-state index is 8.84. The summed E-state index contributed by atoms with van der Waals surface area (Å²) in [5, 5.41) is 12.2. The highest BCUT2D eigenvalue weighted by Gasteiger charge is 2.23. The minimum atomic E-state index is 0.275. The van der Waals surface area contributed by atoms with Gasteiger partial charge >= 0.3 is 0 Å². The maximum absolute atomic E-state index is 8.84. The van der Waals surface area contributed by atoms with Crippen LogP contribution in [0.5, 0.6) is 0 Å². The van der Waals surface area contributed by atoms with E-state index in [1.54, 1.807) is 0 Å². The number of nitrogens with one attached hydrogen (secondary N) is 1. The van der Waals surface area contributed by atoms with Crippen molar-refractivity contribution in [2.75, 3.05) is 24.5 Å². The molecule has 1 aliphatic rings.